The Bertz CT molecular complexity index is 1020. The molecule has 28 heavy (non-hydrogen) atoms. The Labute approximate surface area is 170 Å². The molecule has 1 aliphatic heterocycles. The third-order valence-corrected chi connectivity index (χ3v) is 6.22. The third-order valence-electron chi connectivity index (χ3n) is 5.11. The van der Waals surface area contributed by atoms with Gasteiger partial charge in [0.2, 0.25) is 0 Å². The molecule has 0 aliphatic carbocycles. The molecular weight excluding hydrogens is 362 g/mol. The van der Waals surface area contributed by atoms with Crippen LogP contribution in [-0.4, -0.2) is 12.8 Å². The van der Waals surface area contributed by atoms with Gasteiger partial charge in [0.05, 0.1) is 11.4 Å². The molecule has 0 spiro atoms. The van der Waals surface area contributed by atoms with Crippen LogP contribution in [0.3, 0.4) is 0 Å². The lowest BCUT2D eigenvalue weighted by Crippen LogP contribution is -2.21. The number of fused-ring (bicyclic) bond motifs is 2. The van der Waals surface area contributed by atoms with Crippen LogP contribution in [-0.2, 0) is 0 Å². The highest BCUT2D eigenvalue weighted by atomic mass is 32.2. The van der Waals surface area contributed by atoms with Crippen molar-refractivity contribution < 1.29 is 4.79 Å². The summed E-state index contributed by atoms with van der Waals surface area (Å²) in [5, 5.41) is 0. The molecule has 0 amide bonds. The Morgan fingerprint density at radius 1 is 0.964 bits per heavy atom. The molecular formula is C25H23NOS. The second-order valence-corrected chi connectivity index (χ2v) is 8.06. The van der Waals surface area contributed by atoms with E-state index in [1.54, 1.807) is 0 Å². The highest BCUT2D eigenvalue weighted by molar-refractivity contribution is 7.99. The molecule has 0 fully saturated rings. The van der Waals surface area contributed by atoms with E-state index in [9.17, 15) is 4.79 Å². The van der Waals surface area contributed by atoms with Gasteiger partial charge in [-0.15, -0.1) is 0 Å². The second kappa shape index (κ2) is 8.07. The number of para-hydroxylation sites is 1. The zero-order valence-electron chi connectivity index (χ0n) is 16.0. The minimum atomic E-state index is 0.681. The van der Waals surface area contributed by atoms with Gasteiger partial charge in [-0.2, -0.15) is 0 Å². The van der Waals surface area contributed by atoms with E-state index in [0.29, 0.717) is 5.56 Å². The molecule has 3 heteroatoms. The van der Waals surface area contributed by atoms with Crippen LogP contribution in [0, 0.1) is 0 Å². The van der Waals surface area contributed by atoms with E-state index in [1.807, 2.05) is 36.0 Å². The standard InChI is InChI=1S/C25H23NOS/c1-3-4-15-26-22-7-5-6-8-24(22)28-25-16-21(13-14-23(25)26)18(2)20-11-9-19(17-27)10-12-20/h5-14,16-17H,2-4,15H2,1H3. The average molecular weight is 386 g/mol. The number of carbonyl (C=O) groups is 1. The molecule has 1 aliphatic rings. The van der Waals surface area contributed by atoms with Gasteiger partial charge in [-0.3, -0.25) is 4.79 Å². The molecule has 0 aromatic heterocycles. The molecule has 0 radical (unpaired) electrons. The van der Waals surface area contributed by atoms with Crippen LogP contribution >= 0.6 is 11.8 Å². The first-order valence-electron chi connectivity index (χ1n) is 9.64. The van der Waals surface area contributed by atoms with E-state index >= 15 is 0 Å². The van der Waals surface area contributed by atoms with Crippen LogP contribution in [0.5, 0.6) is 0 Å². The van der Waals surface area contributed by atoms with Crippen LogP contribution in [0.4, 0.5) is 11.4 Å². The van der Waals surface area contributed by atoms with Gasteiger partial charge in [-0.05, 0) is 47.4 Å². The maximum Gasteiger partial charge on any atom is 0.150 e. The van der Waals surface area contributed by atoms with Gasteiger partial charge in [-0.25, -0.2) is 0 Å². The number of rotatable bonds is 6. The minimum Gasteiger partial charge on any atom is -0.340 e. The first-order valence-corrected chi connectivity index (χ1v) is 10.5. The Hall–Kier alpha value is -2.78. The Kier molecular flexibility index (Phi) is 5.36. The van der Waals surface area contributed by atoms with Gasteiger partial charge in [0.15, 0.2) is 0 Å². The maximum atomic E-state index is 10.9. The Morgan fingerprint density at radius 2 is 1.68 bits per heavy atom. The van der Waals surface area contributed by atoms with Crippen LogP contribution in [0.25, 0.3) is 5.57 Å². The number of benzene rings is 3. The van der Waals surface area contributed by atoms with E-state index in [4.69, 9.17) is 0 Å². The van der Waals surface area contributed by atoms with Gasteiger partial charge >= 0.3 is 0 Å². The van der Waals surface area contributed by atoms with Crippen molar-refractivity contribution in [3.63, 3.8) is 0 Å². The summed E-state index contributed by atoms with van der Waals surface area (Å²) in [4.78, 5) is 15.9. The first-order chi connectivity index (χ1) is 13.7. The molecule has 4 rings (SSSR count). The molecule has 0 bridgehead atoms. The monoisotopic (exact) mass is 385 g/mol. The Morgan fingerprint density at radius 3 is 2.43 bits per heavy atom. The van der Waals surface area contributed by atoms with Gasteiger partial charge in [0.25, 0.3) is 0 Å². The molecule has 3 aromatic carbocycles. The van der Waals surface area contributed by atoms with Crippen molar-refractivity contribution in [3.05, 3.63) is 90.0 Å². The number of hydrogen-bond acceptors (Lipinski definition) is 3. The lowest BCUT2D eigenvalue weighted by Gasteiger charge is -2.33. The van der Waals surface area contributed by atoms with Gasteiger partial charge in [0.1, 0.15) is 6.29 Å². The molecule has 0 unspecified atom stereocenters. The normalized spacial score (nSPS) is 12.2. The van der Waals surface area contributed by atoms with E-state index in [0.717, 1.165) is 36.0 Å². The summed E-state index contributed by atoms with van der Waals surface area (Å²) in [6.07, 6.45) is 3.20. The zero-order valence-corrected chi connectivity index (χ0v) is 16.8. The summed E-state index contributed by atoms with van der Waals surface area (Å²) in [6.45, 7) is 7.55. The average Bonchev–Trinajstić information content (AvgIpc) is 2.75. The topological polar surface area (TPSA) is 20.3 Å². The molecule has 0 saturated carbocycles. The van der Waals surface area contributed by atoms with E-state index in [2.05, 4.69) is 60.9 Å². The number of hydrogen-bond donors (Lipinski definition) is 0. The summed E-state index contributed by atoms with van der Waals surface area (Å²) < 4.78 is 0. The van der Waals surface area contributed by atoms with Crippen molar-refractivity contribution in [3.8, 4) is 0 Å². The molecule has 0 atom stereocenters. The smallest absolute Gasteiger partial charge is 0.150 e. The summed E-state index contributed by atoms with van der Waals surface area (Å²) in [7, 11) is 0. The summed E-state index contributed by atoms with van der Waals surface area (Å²) in [6, 6.07) is 22.8. The van der Waals surface area contributed by atoms with Crippen molar-refractivity contribution >= 4 is 35.0 Å². The van der Waals surface area contributed by atoms with Gasteiger partial charge in [0, 0.05) is 21.9 Å². The molecule has 1 heterocycles. The Balaban J connectivity index is 1.69. The van der Waals surface area contributed by atoms with Crippen LogP contribution in [0.2, 0.25) is 0 Å². The summed E-state index contributed by atoms with van der Waals surface area (Å²) >= 11 is 1.82. The second-order valence-electron chi connectivity index (χ2n) is 6.98. The third kappa shape index (κ3) is 3.50. The number of aldehydes is 1. The molecule has 2 nitrogen and oxygen atoms in total. The van der Waals surface area contributed by atoms with E-state index in [-0.39, 0.29) is 0 Å². The van der Waals surface area contributed by atoms with Crippen molar-refractivity contribution in [1.29, 1.82) is 0 Å². The molecule has 140 valence electrons. The zero-order chi connectivity index (χ0) is 19.5. The molecule has 0 N–H and O–H groups in total. The van der Waals surface area contributed by atoms with Crippen LogP contribution in [0.1, 0.15) is 41.3 Å². The quantitative estimate of drug-likeness (QED) is 0.428. The summed E-state index contributed by atoms with van der Waals surface area (Å²) in [5.74, 6) is 0. The van der Waals surface area contributed by atoms with Gasteiger partial charge < -0.3 is 4.90 Å². The first kappa shape index (κ1) is 18.6. The predicted molar refractivity (Wildman–Crippen MR) is 119 cm³/mol. The van der Waals surface area contributed by atoms with Crippen molar-refractivity contribution in [2.24, 2.45) is 0 Å². The largest absolute Gasteiger partial charge is 0.340 e. The van der Waals surface area contributed by atoms with Crippen LogP contribution in [0.15, 0.2) is 83.1 Å². The highest BCUT2D eigenvalue weighted by Crippen LogP contribution is 2.48. The van der Waals surface area contributed by atoms with Crippen molar-refractivity contribution in [1.82, 2.24) is 0 Å². The minimum absolute atomic E-state index is 0.681. The number of nitrogens with zero attached hydrogens (tertiary/aromatic N) is 1. The SMILES string of the molecule is C=C(c1ccc(C=O)cc1)c1ccc2c(c1)Sc1ccccc1N2CCCC. The number of anilines is 2. The predicted octanol–water partition coefficient (Wildman–Crippen LogP) is 6.96. The van der Waals surface area contributed by atoms with E-state index < -0.39 is 0 Å². The van der Waals surface area contributed by atoms with Crippen molar-refractivity contribution in [2.75, 3.05) is 11.4 Å². The number of unbranched alkanes of at least 4 members (excludes halogenated alkanes) is 1. The van der Waals surface area contributed by atoms with Crippen LogP contribution < -0.4 is 4.90 Å². The van der Waals surface area contributed by atoms with Gasteiger partial charge in [-0.1, -0.05) is 74.1 Å². The molecule has 3 aromatic rings. The number of carbonyl (C=O) groups excluding carboxylic acids is 1. The maximum absolute atomic E-state index is 10.9. The lowest BCUT2D eigenvalue weighted by atomic mass is 9.98. The fraction of sp³-hybridized carbons (Fsp3) is 0.160. The van der Waals surface area contributed by atoms with Crippen molar-refractivity contribution in [2.45, 2.75) is 29.6 Å². The fourth-order valence-electron chi connectivity index (χ4n) is 3.51. The lowest BCUT2D eigenvalue weighted by molar-refractivity contribution is 0.112. The highest BCUT2D eigenvalue weighted by Gasteiger charge is 2.23. The summed E-state index contributed by atoms with van der Waals surface area (Å²) in [5.41, 5.74) is 6.37. The molecule has 0 saturated heterocycles. The van der Waals surface area contributed by atoms with E-state index in [1.165, 1.54) is 27.6 Å². The fourth-order valence-corrected chi connectivity index (χ4v) is 4.64.